The van der Waals surface area contributed by atoms with Crippen molar-refractivity contribution in [3.05, 3.63) is 23.8 Å². The van der Waals surface area contributed by atoms with Gasteiger partial charge >= 0.3 is 0 Å². The Morgan fingerprint density at radius 1 is 1.56 bits per heavy atom. The lowest BCUT2D eigenvalue weighted by atomic mass is 10.1. The Kier molecular flexibility index (Phi) is 3.72. The van der Waals surface area contributed by atoms with Crippen molar-refractivity contribution in [1.29, 1.82) is 0 Å². The van der Waals surface area contributed by atoms with Crippen LogP contribution in [0.2, 0.25) is 0 Å². The van der Waals surface area contributed by atoms with E-state index in [1.807, 2.05) is 0 Å². The van der Waals surface area contributed by atoms with Gasteiger partial charge in [0.15, 0.2) is 11.5 Å². The normalized spacial score (nSPS) is 19.0. The number of hydrogen-bond acceptors (Lipinski definition) is 4. The van der Waals surface area contributed by atoms with Gasteiger partial charge in [-0.05, 0) is 31.0 Å². The molecule has 0 unspecified atom stereocenters. The second-order valence-corrected chi connectivity index (χ2v) is 4.36. The zero-order valence-electron chi connectivity index (χ0n) is 10.3. The summed E-state index contributed by atoms with van der Waals surface area (Å²) in [6.07, 6.45) is 1.73. The van der Waals surface area contributed by atoms with E-state index in [0.29, 0.717) is 17.9 Å². The van der Waals surface area contributed by atoms with Crippen molar-refractivity contribution in [2.45, 2.75) is 18.9 Å². The first-order chi connectivity index (χ1) is 8.67. The zero-order valence-corrected chi connectivity index (χ0v) is 10.3. The molecule has 1 aliphatic heterocycles. The van der Waals surface area contributed by atoms with E-state index in [1.165, 1.54) is 13.2 Å². The van der Waals surface area contributed by atoms with E-state index in [9.17, 15) is 15.0 Å². The summed E-state index contributed by atoms with van der Waals surface area (Å²) in [7, 11) is 1.46. The van der Waals surface area contributed by atoms with Gasteiger partial charge in [-0.1, -0.05) is 0 Å². The summed E-state index contributed by atoms with van der Waals surface area (Å²) >= 11 is 0. The van der Waals surface area contributed by atoms with E-state index in [0.717, 1.165) is 12.8 Å². The molecular formula is C13H17NO4. The summed E-state index contributed by atoms with van der Waals surface area (Å²) in [6.45, 7) is 0.630. The predicted molar refractivity (Wildman–Crippen MR) is 65.8 cm³/mol. The number of phenolic OH excluding ortho intramolecular Hbond substituents is 1. The molecule has 0 aliphatic carbocycles. The number of rotatable bonds is 3. The highest BCUT2D eigenvalue weighted by Crippen LogP contribution is 2.28. The van der Waals surface area contributed by atoms with Gasteiger partial charge in [0.2, 0.25) is 0 Å². The van der Waals surface area contributed by atoms with Gasteiger partial charge < -0.3 is 19.8 Å². The smallest absolute Gasteiger partial charge is 0.254 e. The number of ether oxygens (including phenoxy) is 1. The highest BCUT2D eigenvalue weighted by atomic mass is 16.5. The Hall–Kier alpha value is -1.75. The van der Waals surface area contributed by atoms with E-state index in [4.69, 9.17) is 4.74 Å². The molecule has 2 rings (SSSR count). The molecule has 98 valence electrons. The molecule has 0 aromatic heterocycles. The van der Waals surface area contributed by atoms with Crippen LogP contribution in [-0.4, -0.2) is 47.3 Å². The lowest BCUT2D eigenvalue weighted by Gasteiger charge is -2.23. The molecule has 0 saturated carbocycles. The molecule has 1 aliphatic rings. The fraction of sp³-hybridized carbons (Fsp3) is 0.462. The third-order valence-electron chi connectivity index (χ3n) is 3.27. The van der Waals surface area contributed by atoms with Crippen molar-refractivity contribution >= 4 is 5.91 Å². The monoisotopic (exact) mass is 251 g/mol. The lowest BCUT2D eigenvalue weighted by Crippen LogP contribution is -2.37. The van der Waals surface area contributed by atoms with E-state index in [2.05, 4.69) is 0 Å². The van der Waals surface area contributed by atoms with E-state index >= 15 is 0 Å². The van der Waals surface area contributed by atoms with Crippen molar-refractivity contribution in [2.24, 2.45) is 0 Å². The number of aromatic hydroxyl groups is 1. The van der Waals surface area contributed by atoms with Crippen molar-refractivity contribution in [2.75, 3.05) is 20.3 Å². The SMILES string of the molecule is COc1ccc(C(=O)N2CCC[C@@H]2CO)cc1O. The first-order valence-electron chi connectivity index (χ1n) is 5.96. The van der Waals surface area contributed by atoms with Gasteiger partial charge in [0.05, 0.1) is 19.8 Å². The Bertz CT molecular complexity index is 447. The van der Waals surface area contributed by atoms with Crippen LogP contribution in [0.25, 0.3) is 0 Å². The number of carbonyl (C=O) groups is 1. The third kappa shape index (κ3) is 2.26. The molecule has 1 aromatic rings. The van der Waals surface area contributed by atoms with Crippen LogP contribution < -0.4 is 4.74 Å². The Balaban J connectivity index is 2.21. The van der Waals surface area contributed by atoms with Gasteiger partial charge in [0, 0.05) is 12.1 Å². The number of hydrogen-bond donors (Lipinski definition) is 2. The number of amides is 1. The Labute approximate surface area is 106 Å². The maximum atomic E-state index is 12.2. The predicted octanol–water partition coefficient (Wildman–Crippen LogP) is 0.998. The number of methoxy groups -OCH3 is 1. The van der Waals surface area contributed by atoms with Crippen LogP contribution in [0.5, 0.6) is 11.5 Å². The zero-order chi connectivity index (χ0) is 13.1. The summed E-state index contributed by atoms with van der Waals surface area (Å²) in [5.41, 5.74) is 0.411. The maximum Gasteiger partial charge on any atom is 0.254 e. The van der Waals surface area contributed by atoms with Crippen molar-refractivity contribution < 1.29 is 19.7 Å². The molecule has 1 saturated heterocycles. The average Bonchev–Trinajstić information content (AvgIpc) is 2.86. The summed E-state index contributed by atoms with van der Waals surface area (Å²) in [6, 6.07) is 4.47. The summed E-state index contributed by atoms with van der Waals surface area (Å²) < 4.78 is 4.93. The van der Waals surface area contributed by atoms with E-state index in [1.54, 1.807) is 17.0 Å². The topological polar surface area (TPSA) is 70.0 Å². The fourth-order valence-electron chi connectivity index (χ4n) is 2.28. The Morgan fingerprint density at radius 2 is 2.33 bits per heavy atom. The number of aliphatic hydroxyl groups excluding tert-OH is 1. The van der Waals surface area contributed by atoms with Crippen molar-refractivity contribution in [3.63, 3.8) is 0 Å². The first-order valence-corrected chi connectivity index (χ1v) is 5.96. The van der Waals surface area contributed by atoms with Gasteiger partial charge in [-0.2, -0.15) is 0 Å². The second kappa shape index (κ2) is 5.27. The molecular weight excluding hydrogens is 234 g/mol. The highest BCUT2D eigenvalue weighted by Gasteiger charge is 2.29. The quantitative estimate of drug-likeness (QED) is 0.840. The fourth-order valence-corrected chi connectivity index (χ4v) is 2.28. The number of carbonyl (C=O) groups excluding carboxylic acids is 1. The van der Waals surface area contributed by atoms with Crippen LogP contribution in [0.3, 0.4) is 0 Å². The second-order valence-electron chi connectivity index (χ2n) is 4.36. The molecule has 5 nitrogen and oxygen atoms in total. The van der Waals surface area contributed by atoms with E-state index < -0.39 is 0 Å². The average molecular weight is 251 g/mol. The molecule has 1 atom stereocenters. The molecule has 18 heavy (non-hydrogen) atoms. The van der Waals surface area contributed by atoms with Crippen LogP contribution in [0.4, 0.5) is 0 Å². The molecule has 0 spiro atoms. The number of phenols is 1. The molecule has 0 radical (unpaired) electrons. The van der Waals surface area contributed by atoms with Gasteiger partial charge in [0.25, 0.3) is 5.91 Å². The standard InChI is InChI=1S/C13H17NO4/c1-18-12-5-4-9(7-11(12)16)13(17)14-6-2-3-10(14)8-15/h4-5,7,10,15-16H,2-3,6,8H2,1H3/t10-/m1/s1. The van der Waals surface area contributed by atoms with Crippen LogP contribution in [0, 0.1) is 0 Å². The van der Waals surface area contributed by atoms with Crippen LogP contribution in [0.1, 0.15) is 23.2 Å². The van der Waals surface area contributed by atoms with Crippen LogP contribution in [-0.2, 0) is 0 Å². The molecule has 1 fully saturated rings. The molecule has 1 amide bonds. The number of nitrogens with zero attached hydrogens (tertiary/aromatic N) is 1. The van der Waals surface area contributed by atoms with Gasteiger partial charge in [0.1, 0.15) is 0 Å². The largest absolute Gasteiger partial charge is 0.504 e. The van der Waals surface area contributed by atoms with Crippen molar-refractivity contribution in [3.8, 4) is 11.5 Å². The highest BCUT2D eigenvalue weighted by molar-refractivity contribution is 5.95. The van der Waals surface area contributed by atoms with Crippen LogP contribution >= 0.6 is 0 Å². The molecule has 0 bridgehead atoms. The summed E-state index contributed by atoms with van der Waals surface area (Å²) in [5.74, 6) is 0.124. The summed E-state index contributed by atoms with van der Waals surface area (Å²) in [5, 5.41) is 18.9. The third-order valence-corrected chi connectivity index (χ3v) is 3.27. The number of aliphatic hydroxyl groups is 1. The molecule has 2 N–H and O–H groups in total. The molecule has 1 aromatic carbocycles. The summed E-state index contributed by atoms with van der Waals surface area (Å²) in [4.78, 5) is 13.9. The minimum Gasteiger partial charge on any atom is -0.504 e. The molecule has 1 heterocycles. The minimum atomic E-state index is -0.162. The minimum absolute atomic E-state index is 0.0200. The maximum absolute atomic E-state index is 12.2. The van der Waals surface area contributed by atoms with Gasteiger partial charge in [-0.3, -0.25) is 4.79 Å². The number of benzene rings is 1. The van der Waals surface area contributed by atoms with E-state index in [-0.39, 0.29) is 24.3 Å². The van der Waals surface area contributed by atoms with Crippen molar-refractivity contribution in [1.82, 2.24) is 4.90 Å². The van der Waals surface area contributed by atoms with Gasteiger partial charge in [-0.25, -0.2) is 0 Å². The first kappa shape index (κ1) is 12.7. The Morgan fingerprint density at radius 3 is 2.94 bits per heavy atom. The number of likely N-dealkylation sites (tertiary alicyclic amines) is 1. The lowest BCUT2D eigenvalue weighted by molar-refractivity contribution is 0.0677. The van der Waals surface area contributed by atoms with Crippen LogP contribution in [0.15, 0.2) is 18.2 Å². The van der Waals surface area contributed by atoms with Gasteiger partial charge in [-0.15, -0.1) is 0 Å². The molecule has 5 heteroatoms.